The molecule has 0 unspecified atom stereocenters. The number of nitrogens with one attached hydrogen (secondary N) is 4. The van der Waals surface area contributed by atoms with Crippen molar-refractivity contribution in [2.24, 2.45) is 4.99 Å². The number of aromatic nitrogens is 5. The Kier molecular flexibility index (Phi) is 7.99. The van der Waals surface area contributed by atoms with E-state index in [0.717, 1.165) is 11.1 Å². The molecular weight excluding hydrogens is 477 g/mol. The van der Waals surface area contributed by atoms with Crippen molar-refractivity contribution >= 4 is 46.9 Å². The normalized spacial score (nSPS) is 11.1. The summed E-state index contributed by atoms with van der Waals surface area (Å²) in [6.45, 7) is 1.41. The molecule has 0 atom stereocenters. The first-order valence-electron chi connectivity index (χ1n) is 10.3. The van der Waals surface area contributed by atoms with Crippen LogP contribution in [0, 0.1) is 0 Å². The first-order chi connectivity index (χ1) is 16.6. The van der Waals surface area contributed by atoms with E-state index in [9.17, 15) is 0 Å². The van der Waals surface area contributed by atoms with E-state index in [1.54, 1.807) is 43.1 Å². The third-order valence-electron chi connectivity index (χ3n) is 4.61. The second-order valence-electron chi connectivity index (χ2n) is 6.95. The Morgan fingerprint density at radius 2 is 1.88 bits per heavy atom. The van der Waals surface area contributed by atoms with Crippen molar-refractivity contribution in [1.82, 2.24) is 30.4 Å². The first kappa shape index (κ1) is 23.6. The molecule has 4 rings (SSSR count). The highest BCUT2D eigenvalue weighted by Gasteiger charge is 2.16. The lowest BCUT2D eigenvalue weighted by Crippen LogP contribution is -2.16. The van der Waals surface area contributed by atoms with Crippen LogP contribution >= 0.6 is 23.2 Å². The monoisotopic (exact) mass is 497 g/mol. The van der Waals surface area contributed by atoms with Gasteiger partial charge in [-0.2, -0.15) is 0 Å². The molecule has 0 saturated carbocycles. The zero-order valence-electron chi connectivity index (χ0n) is 17.8. The molecule has 12 heteroatoms. The van der Waals surface area contributed by atoms with Crippen molar-refractivity contribution in [3.05, 3.63) is 65.2 Å². The Labute approximate surface area is 205 Å². The fraction of sp³-hybridized carbons (Fsp3) is 0.136. The van der Waals surface area contributed by atoms with Crippen molar-refractivity contribution in [3.63, 3.8) is 0 Å². The maximum atomic E-state index is 8.55. The van der Waals surface area contributed by atoms with Crippen LogP contribution in [0.25, 0.3) is 22.6 Å². The van der Waals surface area contributed by atoms with E-state index in [2.05, 4.69) is 40.5 Å². The van der Waals surface area contributed by atoms with Crippen LogP contribution in [0.2, 0.25) is 10.0 Å². The number of H-pyrrole nitrogens is 1. The number of nitrogens with zero attached hydrogens (tertiary/aromatic N) is 5. The van der Waals surface area contributed by atoms with E-state index in [0.29, 0.717) is 52.1 Å². The quantitative estimate of drug-likeness (QED) is 0.123. The van der Waals surface area contributed by atoms with Crippen molar-refractivity contribution in [2.75, 3.05) is 30.3 Å². The Bertz CT molecular complexity index is 1250. The van der Waals surface area contributed by atoms with Crippen LogP contribution in [0.3, 0.4) is 0 Å². The molecular formula is C22H21Cl2N9O. The van der Waals surface area contributed by atoms with E-state index in [1.165, 1.54) is 0 Å². The molecule has 10 nitrogen and oxygen atoms in total. The lowest BCUT2D eigenvalue weighted by molar-refractivity contribution is 0.184. The zero-order valence-corrected chi connectivity index (χ0v) is 19.3. The lowest BCUT2D eigenvalue weighted by atomic mass is 10.1. The van der Waals surface area contributed by atoms with Crippen LogP contribution in [0.4, 0.5) is 17.5 Å². The zero-order chi connectivity index (χ0) is 23.8. The van der Waals surface area contributed by atoms with Gasteiger partial charge in [-0.15, -0.1) is 0 Å². The van der Waals surface area contributed by atoms with Gasteiger partial charge in [-0.25, -0.2) is 25.4 Å². The van der Waals surface area contributed by atoms with E-state index in [-0.39, 0.29) is 6.54 Å². The van der Waals surface area contributed by atoms with Gasteiger partial charge in [-0.05, 0) is 30.3 Å². The van der Waals surface area contributed by atoms with Gasteiger partial charge in [-0.1, -0.05) is 23.2 Å². The van der Waals surface area contributed by atoms with Crippen molar-refractivity contribution in [1.29, 1.82) is 0 Å². The standard InChI is InChI=1S/C22H21Cl2N9O/c23-14-1-3-16(18(24)11-14)20-17(21-27-6-7-28-21)13-31-22(33-20)29-8-5-26-19-4-2-15(12-30-19)25-9-10-32-34/h1-4,6-7,9,11-13,32,34H,5,8,10H2,(H,26,30)(H,27,28)(H,29,31,33). The van der Waals surface area contributed by atoms with Gasteiger partial charge in [0.15, 0.2) is 0 Å². The van der Waals surface area contributed by atoms with Gasteiger partial charge in [0.25, 0.3) is 0 Å². The molecule has 0 aliphatic heterocycles. The summed E-state index contributed by atoms with van der Waals surface area (Å²) in [5.74, 6) is 1.80. The second kappa shape index (κ2) is 11.5. The summed E-state index contributed by atoms with van der Waals surface area (Å²) >= 11 is 12.5. The maximum Gasteiger partial charge on any atom is 0.223 e. The molecule has 3 heterocycles. The summed E-state index contributed by atoms with van der Waals surface area (Å²) in [5.41, 5.74) is 4.78. The minimum atomic E-state index is 0.266. The highest BCUT2D eigenvalue weighted by atomic mass is 35.5. The molecule has 0 aliphatic carbocycles. The molecule has 0 radical (unpaired) electrons. The molecule has 174 valence electrons. The average molecular weight is 498 g/mol. The molecule has 4 aromatic rings. The summed E-state index contributed by atoms with van der Waals surface area (Å²) in [6.07, 6.45) is 8.30. The van der Waals surface area contributed by atoms with Crippen LogP contribution in [-0.2, 0) is 0 Å². The maximum absolute atomic E-state index is 8.55. The van der Waals surface area contributed by atoms with Gasteiger partial charge in [0.05, 0.1) is 34.7 Å². The summed E-state index contributed by atoms with van der Waals surface area (Å²) in [5, 5.41) is 16.0. The van der Waals surface area contributed by atoms with Crippen molar-refractivity contribution in [3.8, 4) is 22.6 Å². The number of anilines is 2. The van der Waals surface area contributed by atoms with Gasteiger partial charge >= 0.3 is 0 Å². The highest BCUT2D eigenvalue weighted by Crippen LogP contribution is 2.34. The van der Waals surface area contributed by atoms with Crippen molar-refractivity contribution in [2.45, 2.75) is 0 Å². The molecule has 34 heavy (non-hydrogen) atoms. The van der Waals surface area contributed by atoms with Crippen LogP contribution in [-0.4, -0.2) is 56.0 Å². The first-order valence-corrected chi connectivity index (χ1v) is 11.0. The number of aliphatic imine (C=N–C) groups is 1. The second-order valence-corrected chi connectivity index (χ2v) is 7.79. The number of aromatic amines is 1. The van der Waals surface area contributed by atoms with Gasteiger partial charge in [-0.3, -0.25) is 4.99 Å². The molecule has 0 saturated heterocycles. The summed E-state index contributed by atoms with van der Waals surface area (Å²) in [7, 11) is 0. The van der Waals surface area contributed by atoms with E-state index >= 15 is 0 Å². The molecule has 1 aromatic carbocycles. The number of benzene rings is 1. The van der Waals surface area contributed by atoms with Crippen LogP contribution in [0.1, 0.15) is 0 Å². The third kappa shape index (κ3) is 6.06. The van der Waals surface area contributed by atoms with Gasteiger partial charge in [0, 0.05) is 48.5 Å². The average Bonchev–Trinajstić information content (AvgIpc) is 3.38. The van der Waals surface area contributed by atoms with Crippen molar-refractivity contribution < 1.29 is 5.21 Å². The molecule has 0 aliphatic rings. The van der Waals surface area contributed by atoms with E-state index < -0.39 is 0 Å². The van der Waals surface area contributed by atoms with Gasteiger partial charge < -0.3 is 20.8 Å². The Hall–Kier alpha value is -3.57. The minimum Gasteiger partial charge on any atom is -0.368 e. The van der Waals surface area contributed by atoms with Gasteiger partial charge in [0.1, 0.15) is 11.6 Å². The van der Waals surface area contributed by atoms with Crippen LogP contribution < -0.4 is 16.1 Å². The Morgan fingerprint density at radius 3 is 2.62 bits per heavy atom. The molecule has 0 amide bonds. The number of halogens is 2. The topological polar surface area (TPSA) is 136 Å². The van der Waals surface area contributed by atoms with Gasteiger partial charge in [0.2, 0.25) is 5.95 Å². The lowest BCUT2D eigenvalue weighted by Gasteiger charge is -2.12. The fourth-order valence-electron chi connectivity index (χ4n) is 3.06. The number of hydrogen-bond acceptors (Lipinski definition) is 9. The van der Waals surface area contributed by atoms with Crippen LogP contribution in [0.5, 0.6) is 0 Å². The predicted molar refractivity (Wildman–Crippen MR) is 134 cm³/mol. The van der Waals surface area contributed by atoms with E-state index in [1.807, 2.05) is 23.7 Å². The molecule has 0 fully saturated rings. The molecule has 0 spiro atoms. The smallest absolute Gasteiger partial charge is 0.223 e. The summed E-state index contributed by atoms with van der Waals surface area (Å²) < 4.78 is 0. The fourth-order valence-corrected chi connectivity index (χ4v) is 3.56. The minimum absolute atomic E-state index is 0.266. The number of hydrogen-bond donors (Lipinski definition) is 5. The number of hydroxylamine groups is 1. The summed E-state index contributed by atoms with van der Waals surface area (Å²) in [6, 6.07) is 8.92. The largest absolute Gasteiger partial charge is 0.368 e. The van der Waals surface area contributed by atoms with Crippen LogP contribution in [0.15, 0.2) is 60.1 Å². The van der Waals surface area contributed by atoms with E-state index in [4.69, 9.17) is 28.4 Å². The third-order valence-corrected chi connectivity index (χ3v) is 5.16. The Balaban J connectivity index is 1.43. The SMILES string of the molecule is ONCC=Nc1ccc(NCCNc2ncc(-c3ncc[nH]3)c(-c3ccc(Cl)cc3Cl)n2)nc1. The number of rotatable bonds is 10. The highest BCUT2D eigenvalue weighted by molar-refractivity contribution is 6.36. The number of pyridine rings is 1. The summed E-state index contributed by atoms with van der Waals surface area (Å²) in [4.78, 5) is 25.0. The molecule has 5 N–H and O–H groups in total. The molecule has 3 aromatic heterocycles. The number of imidazole rings is 1. The molecule has 0 bridgehead atoms. The Morgan fingerprint density at radius 1 is 1.00 bits per heavy atom. The predicted octanol–water partition coefficient (Wildman–Crippen LogP) is 4.44.